The van der Waals surface area contributed by atoms with Crippen molar-refractivity contribution in [2.75, 3.05) is 6.54 Å². The van der Waals surface area contributed by atoms with Crippen molar-refractivity contribution in [2.45, 2.75) is 71.8 Å². The topological polar surface area (TPSA) is 83.4 Å². The molecule has 0 radical (unpaired) electrons. The van der Waals surface area contributed by atoms with Gasteiger partial charge in [-0.25, -0.2) is 9.97 Å². The Kier molecular flexibility index (Phi) is 9.28. The van der Waals surface area contributed by atoms with Crippen LogP contribution in [0.25, 0.3) is 17.0 Å². The number of amides is 1. The molecule has 0 aliphatic heterocycles. The zero-order chi connectivity index (χ0) is 28.8. The number of carboxylic acid groups (broad SMARTS) is 1. The highest BCUT2D eigenvalue weighted by Gasteiger charge is 2.28. The summed E-state index contributed by atoms with van der Waals surface area (Å²) in [6.45, 7) is 4.08. The predicted molar refractivity (Wildman–Crippen MR) is 162 cm³/mol. The average molecular weight is 552 g/mol. The third kappa shape index (κ3) is 7.29. The molecule has 1 atom stereocenters. The molecular formula is C35H41N3O3. The van der Waals surface area contributed by atoms with Gasteiger partial charge in [-0.3, -0.25) is 9.59 Å². The molecule has 2 aliphatic rings. The molecule has 214 valence electrons. The summed E-state index contributed by atoms with van der Waals surface area (Å²) >= 11 is 0. The molecule has 1 amide bonds. The number of aryl methyl sites for hydroxylation is 1. The van der Waals surface area contributed by atoms with E-state index in [0.29, 0.717) is 11.4 Å². The van der Waals surface area contributed by atoms with Gasteiger partial charge in [0.25, 0.3) is 5.91 Å². The summed E-state index contributed by atoms with van der Waals surface area (Å²) in [5.41, 5.74) is 5.64. The fourth-order valence-electron chi connectivity index (χ4n) is 6.56. The van der Waals surface area contributed by atoms with Crippen molar-refractivity contribution in [3.8, 4) is 11.4 Å². The van der Waals surface area contributed by atoms with Crippen molar-refractivity contribution >= 4 is 17.4 Å². The Morgan fingerprint density at radius 2 is 1.66 bits per heavy atom. The summed E-state index contributed by atoms with van der Waals surface area (Å²) in [6, 6.07) is 14.9. The molecule has 5 rings (SSSR count). The van der Waals surface area contributed by atoms with E-state index in [-0.39, 0.29) is 19.0 Å². The van der Waals surface area contributed by atoms with E-state index in [4.69, 9.17) is 0 Å². The van der Waals surface area contributed by atoms with Gasteiger partial charge in [-0.2, -0.15) is 0 Å². The zero-order valence-electron chi connectivity index (χ0n) is 24.3. The number of benzene rings is 2. The molecule has 1 N–H and O–H groups in total. The van der Waals surface area contributed by atoms with Crippen molar-refractivity contribution in [3.05, 3.63) is 89.3 Å². The third-order valence-corrected chi connectivity index (χ3v) is 9.07. The molecule has 2 aliphatic carbocycles. The maximum Gasteiger partial charge on any atom is 0.323 e. The van der Waals surface area contributed by atoms with Crippen molar-refractivity contribution in [1.82, 2.24) is 14.9 Å². The molecule has 1 saturated carbocycles. The number of allylic oxidation sites excluding steroid dienone is 2. The minimum Gasteiger partial charge on any atom is -0.480 e. The molecule has 2 aromatic carbocycles. The van der Waals surface area contributed by atoms with Crippen LogP contribution in [0.3, 0.4) is 0 Å². The predicted octanol–water partition coefficient (Wildman–Crippen LogP) is 7.58. The second-order valence-electron chi connectivity index (χ2n) is 11.9. The average Bonchev–Trinajstić information content (AvgIpc) is 3.01. The number of aromatic nitrogens is 2. The molecule has 1 heterocycles. The van der Waals surface area contributed by atoms with Crippen LogP contribution in [0.2, 0.25) is 0 Å². The highest BCUT2D eigenvalue weighted by atomic mass is 16.4. The Bertz CT molecular complexity index is 1370. The van der Waals surface area contributed by atoms with Crippen LogP contribution >= 0.6 is 0 Å². The van der Waals surface area contributed by atoms with E-state index >= 15 is 0 Å². The first kappa shape index (κ1) is 28.7. The normalized spacial score (nSPS) is 20.7. The first-order chi connectivity index (χ1) is 19.9. The second kappa shape index (κ2) is 13.2. The van der Waals surface area contributed by atoms with E-state index in [9.17, 15) is 14.7 Å². The van der Waals surface area contributed by atoms with Crippen molar-refractivity contribution in [3.63, 3.8) is 0 Å². The van der Waals surface area contributed by atoms with E-state index in [2.05, 4.69) is 23.0 Å². The summed E-state index contributed by atoms with van der Waals surface area (Å²) in [4.78, 5) is 35.2. The van der Waals surface area contributed by atoms with Gasteiger partial charge in [-0.05, 0) is 80.1 Å². The third-order valence-electron chi connectivity index (χ3n) is 9.07. The maximum atomic E-state index is 13.0. The van der Waals surface area contributed by atoms with Crippen LogP contribution in [0.4, 0.5) is 0 Å². The minimum absolute atomic E-state index is 0.203. The Balaban J connectivity index is 1.20. The van der Waals surface area contributed by atoms with Crippen LogP contribution in [0.1, 0.15) is 85.3 Å². The molecule has 0 bridgehead atoms. The first-order valence-electron chi connectivity index (χ1n) is 15.1. The van der Waals surface area contributed by atoms with E-state index < -0.39 is 5.97 Å². The van der Waals surface area contributed by atoms with Crippen LogP contribution in [0.5, 0.6) is 0 Å². The first-order valence-corrected chi connectivity index (χ1v) is 15.1. The van der Waals surface area contributed by atoms with Gasteiger partial charge in [-0.1, -0.05) is 74.2 Å². The number of rotatable bonds is 9. The molecule has 41 heavy (non-hydrogen) atoms. The number of carbonyl (C=O) groups excluding carboxylic acids is 1. The smallest absolute Gasteiger partial charge is 0.323 e. The summed E-state index contributed by atoms with van der Waals surface area (Å²) in [5, 5.41) is 9.40. The van der Waals surface area contributed by atoms with Crippen molar-refractivity contribution in [2.24, 2.45) is 17.8 Å². The monoisotopic (exact) mass is 551 g/mol. The zero-order valence-corrected chi connectivity index (χ0v) is 24.3. The number of hydrogen-bond acceptors (Lipinski definition) is 4. The molecule has 6 heteroatoms. The number of carbonyl (C=O) groups is 2. The van der Waals surface area contributed by atoms with Crippen LogP contribution in [0.15, 0.2) is 67.0 Å². The van der Waals surface area contributed by atoms with Crippen LogP contribution in [-0.2, 0) is 11.3 Å². The lowest BCUT2D eigenvalue weighted by Crippen LogP contribution is -2.35. The van der Waals surface area contributed by atoms with Gasteiger partial charge in [-0.15, -0.1) is 0 Å². The lowest BCUT2D eigenvalue weighted by atomic mass is 9.71. The fraction of sp³-hybridized carbons (Fsp3) is 0.429. The molecule has 0 saturated heterocycles. The molecule has 1 fully saturated rings. The van der Waals surface area contributed by atoms with Gasteiger partial charge in [0.1, 0.15) is 6.54 Å². The number of hydrogen-bond donors (Lipinski definition) is 1. The Morgan fingerprint density at radius 1 is 0.927 bits per heavy atom. The van der Waals surface area contributed by atoms with Gasteiger partial charge in [0.15, 0.2) is 5.82 Å². The summed E-state index contributed by atoms with van der Waals surface area (Å²) in [6.07, 6.45) is 16.8. The molecular weight excluding hydrogens is 510 g/mol. The van der Waals surface area contributed by atoms with Gasteiger partial charge in [0.2, 0.25) is 0 Å². The molecule has 1 aromatic heterocycles. The Morgan fingerprint density at radius 3 is 2.27 bits per heavy atom. The Labute approximate surface area is 243 Å². The standard InChI is InChI=1S/C35H41N3O3/c1-3-25-7-11-27(12-8-25)28-15-17-29(18-16-28)32-20-36-34(37-21-32)30-13-9-26(10-14-30)22-38(23-33(39)40)35(41)31-6-4-5-24(2)19-31/h4-6,9-10,13-14,17,19-21,25,27-28H,3,7-8,11-12,15-16,18,22-23H2,1-2H3,(H,39,40)/t25-,27-,28?. The molecule has 0 spiro atoms. The minimum atomic E-state index is -1.04. The van der Waals surface area contributed by atoms with Gasteiger partial charge < -0.3 is 10.0 Å². The van der Waals surface area contributed by atoms with Gasteiger partial charge in [0, 0.05) is 35.6 Å². The van der Waals surface area contributed by atoms with Crippen molar-refractivity contribution in [1.29, 1.82) is 0 Å². The van der Waals surface area contributed by atoms with E-state index in [1.54, 1.807) is 12.1 Å². The lowest BCUT2D eigenvalue weighted by Gasteiger charge is -2.35. The summed E-state index contributed by atoms with van der Waals surface area (Å²) < 4.78 is 0. The summed E-state index contributed by atoms with van der Waals surface area (Å²) in [7, 11) is 0. The molecule has 1 unspecified atom stereocenters. The Hall–Kier alpha value is -3.80. The van der Waals surface area contributed by atoms with Crippen LogP contribution < -0.4 is 0 Å². The van der Waals surface area contributed by atoms with E-state index in [1.807, 2.05) is 55.7 Å². The molecule has 6 nitrogen and oxygen atoms in total. The van der Waals surface area contributed by atoms with Crippen LogP contribution in [0, 0.1) is 24.7 Å². The quantitative estimate of drug-likeness (QED) is 0.296. The second-order valence-corrected chi connectivity index (χ2v) is 11.9. The van der Waals surface area contributed by atoms with Crippen LogP contribution in [-0.4, -0.2) is 38.4 Å². The SMILES string of the molecule is CC[C@H]1CC[C@H](C2CC=C(c3cnc(-c4ccc(CN(CC(=O)O)C(=O)c5cccc(C)c5)cc4)nc3)CC2)CC1. The maximum absolute atomic E-state index is 13.0. The number of nitrogens with zero attached hydrogens (tertiary/aromatic N) is 3. The highest BCUT2D eigenvalue weighted by molar-refractivity contribution is 5.96. The number of carboxylic acids is 1. The lowest BCUT2D eigenvalue weighted by molar-refractivity contribution is -0.137. The van der Waals surface area contributed by atoms with Crippen molar-refractivity contribution < 1.29 is 14.7 Å². The van der Waals surface area contributed by atoms with E-state index in [0.717, 1.165) is 46.4 Å². The highest BCUT2D eigenvalue weighted by Crippen LogP contribution is 2.41. The summed E-state index contributed by atoms with van der Waals surface area (Å²) in [5.74, 6) is 1.99. The molecule has 3 aromatic rings. The van der Waals surface area contributed by atoms with Gasteiger partial charge in [0.05, 0.1) is 0 Å². The van der Waals surface area contributed by atoms with E-state index in [1.165, 1.54) is 55.4 Å². The fourth-order valence-corrected chi connectivity index (χ4v) is 6.56. The largest absolute Gasteiger partial charge is 0.480 e. The number of aliphatic carboxylic acids is 1. The van der Waals surface area contributed by atoms with Gasteiger partial charge >= 0.3 is 5.97 Å².